The van der Waals surface area contributed by atoms with Crippen molar-refractivity contribution in [2.24, 2.45) is 7.05 Å². The standard InChI is InChI=1S/C18H21IN4O3S2/c1-23-14(11(19)9-20-23)15(24)21-18(27)22-16-13(17(25)26-2)10-7-5-3-4-6-8-12(10)28-16/h9H,3-8H2,1-2H3,(H2,21,22,24,27). The summed E-state index contributed by atoms with van der Waals surface area (Å²) in [5.41, 5.74) is 2.02. The maximum absolute atomic E-state index is 12.5. The Balaban J connectivity index is 1.82. The second kappa shape index (κ2) is 9.31. The van der Waals surface area contributed by atoms with E-state index in [2.05, 4.69) is 38.3 Å². The Bertz CT molecular complexity index is 903. The number of methoxy groups -OCH3 is 1. The van der Waals surface area contributed by atoms with E-state index >= 15 is 0 Å². The monoisotopic (exact) mass is 532 g/mol. The van der Waals surface area contributed by atoms with Crippen LogP contribution in [0.5, 0.6) is 0 Å². The lowest BCUT2D eigenvalue weighted by atomic mass is 9.96. The molecule has 3 rings (SSSR count). The summed E-state index contributed by atoms with van der Waals surface area (Å²) in [6, 6.07) is 0. The van der Waals surface area contributed by atoms with Crippen LogP contribution in [0.15, 0.2) is 6.20 Å². The first-order valence-corrected chi connectivity index (χ1v) is 11.3. The molecule has 2 N–H and O–H groups in total. The number of nitrogens with one attached hydrogen (secondary N) is 2. The molecule has 2 aromatic rings. The molecule has 2 aromatic heterocycles. The molecule has 0 spiro atoms. The molecular weight excluding hydrogens is 511 g/mol. The number of amides is 1. The SMILES string of the molecule is COC(=O)c1c(NC(=S)NC(=O)c2c(I)cnn2C)sc2c1CCCCCC2. The van der Waals surface area contributed by atoms with Crippen LogP contribution >= 0.6 is 46.1 Å². The maximum atomic E-state index is 12.5. The zero-order valence-corrected chi connectivity index (χ0v) is 19.4. The zero-order chi connectivity index (χ0) is 20.3. The minimum atomic E-state index is -0.379. The molecule has 1 aliphatic carbocycles. The first-order valence-electron chi connectivity index (χ1n) is 8.95. The summed E-state index contributed by atoms with van der Waals surface area (Å²) in [7, 11) is 3.08. The molecule has 1 amide bonds. The lowest BCUT2D eigenvalue weighted by Crippen LogP contribution is -2.35. The van der Waals surface area contributed by atoms with Gasteiger partial charge in [-0.25, -0.2) is 4.79 Å². The quantitative estimate of drug-likeness (QED) is 0.357. The Morgan fingerprint density at radius 2 is 2.00 bits per heavy atom. The van der Waals surface area contributed by atoms with E-state index in [1.807, 2.05) is 0 Å². The minimum absolute atomic E-state index is 0.140. The number of ether oxygens (including phenoxy) is 1. The number of esters is 1. The summed E-state index contributed by atoms with van der Waals surface area (Å²) in [4.78, 5) is 26.2. The average Bonchev–Trinajstić information content (AvgIpc) is 3.13. The molecule has 150 valence electrons. The number of aryl methyl sites for hydroxylation is 2. The van der Waals surface area contributed by atoms with E-state index in [1.54, 1.807) is 13.2 Å². The van der Waals surface area contributed by atoms with E-state index in [9.17, 15) is 9.59 Å². The largest absolute Gasteiger partial charge is 0.465 e. The number of hydrogen-bond donors (Lipinski definition) is 2. The van der Waals surface area contributed by atoms with E-state index in [0.717, 1.165) is 41.2 Å². The second-order valence-electron chi connectivity index (χ2n) is 6.49. The van der Waals surface area contributed by atoms with Gasteiger partial charge in [-0.15, -0.1) is 11.3 Å². The molecule has 0 unspecified atom stereocenters. The highest BCUT2D eigenvalue weighted by molar-refractivity contribution is 14.1. The Morgan fingerprint density at radius 1 is 1.29 bits per heavy atom. The van der Waals surface area contributed by atoms with Gasteiger partial charge in [0, 0.05) is 11.9 Å². The summed E-state index contributed by atoms with van der Waals surface area (Å²) < 4.78 is 7.24. The molecule has 0 aliphatic heterocycles. The van der Waals surface area contributed by atoms with Crippen LogP contribution in [0.1, 0.15) is 57.0 Å². The number of aromatic nitrogens is 2. The fraction of sp³-hybridized carbons (Fsp3) is 0.444. The van der Waals surface area contributed by atoms with Gasteiger partial charge in [0.25, 0.3) is 5.91 Å². The third-order valence-electron chi connectivity index (χ3n) is 4.62. The third-order valence-corrected chi connectivity index (χ3v) is 6.82. The summed E-state index contributed by atoms with van der Waals surface area (Å²) in [5, 5.41) is 10.5. The van der Waals surface area contributed by atoms with Crippen molar-refractivity contribution in [1.29, 1.82) is 0 Å². The van der Waals surface area contributed by atoms with E-state index in [1.165, 1.54) is 34.4 Å². The van der Waals surface area contributed by atoms with Crippen molar-refractivity contribution in [1.82, 2.24) is 15.1 Å². The molecule has 2 heterocycles. The van der Waals surface area contributed by atoms with E-state index in [-0.39, 0.29) is 17.0 Å². The van der Waals surface area contributed by atoms with Crippen LogP contribution in [0.3, 0.4) is 0 Å². The highest BCUT2D eigenvalue weighted by Crippen LogP contribution is 2.37. The number of halogens is 1. The molecule has 0 saturated heterocycles. The van der Waals surface area contributed by atoms with Gasteiger partial charge in [0.15, 0.2) is 5.11 Å². The molecular formula is C18H21IN4O3S2. The average molecular weight is 532 g/mol. The van der Waals surface area contributed by atoms with Gasteiger partial charge in [0.2, 0.25) is 0 Å². The molecule has 0 fully saturated rings. The van der Waals surface area contributed by atoms with E-state index in [0.29, 0.717) is 16.3 Å². The van der Waals surface area contributed by atoms with Gasteiger partial charge in [0.05, 0.1) is 22.4 Å². The number of carbonyl (C=O) groups excluding carboxylic acids is 2. The van der Waals surface area contributed by atoms with Crippen LogP contribution in [0.4, 0.5) is 5.00 Å². The van der Waals surface area contributed by atoms with Gasteiger partial charge in [-0.1, -0.05) is 12.8 Å². The van der Waals surface area contributed by atoms with Gasteiger partial charge < -0.3 is 10.1 Å². The summed E-state index contributed by atoms with van der Waals surface area (Å²) >= 11 is 8.90. The Hall–Kier alpha value is -1.53. The number of carbonyl (C=O) groups is 2. The Kier molecular flexibility index (Phi) is 7.05. The van der Waals surface area contributed by atoms with Gasteiger partial charge in [0.1, 0.15) is 10.7 Å². The number of thiophene rings is 1. The molecule has 28 heavy (non-hydrogen) atoms. The van der Waals surface area contributed by atoms with Crippen LogP contribution in [0.25, 0.3) is 0 Å². The first-order chi connectivity index (χ1) is 13.4. The Morgan fingerprint density at radius 3 is 2.64 bits per heavy atom. The van der Waals surface area contributed by atoms with Crippen molar-refractivity contribution in [2.45, 2.75) is 38.5 Å². The fourth-order valence-corrected chi connectivity index (χ4v) is 5.55. The summed E-state index contributed by atoms with van der Waals surface area (Å²) in [6.45, 7) is 0. The van der Waals surface area contributed by atoms with Gasteiger partial charge in [-0.05, 0) is 66.1 Å². The van der Waals surface area contributed by atoms with Crippen molar-refractivity contribution in [3.63, 3.8) is 0 Å². The number of nitrogens with zero attached hydrogens (tertiary/aromatic N) is 2. The van der Waals surface area contributed by atoms with Crippen molar-refractivity contribution in [3.8, 4) is 0 Å². The molecule has 0 aromatic carbocycles. The van der Waals surface area contributed by atoms with Crippen molar-refractivity contribution < 1.29 is 14.3 Å². The molecule has 0 saturated carbocycles. The molecule has 0 radical (unpaired) electrons. The lowest BCUT2D eigenvalue weighted by Gasteiger charge is -2.12. The molecule has 0 bridgehead atoms. The number of anilines is 1. The minimum Gasteiger partial charge on any atom is -0.465 e. The van der Waals surface area contributed by atoms with Crippen LogP contribution in [-0.4, -0.2) is 33.9 Å². The number of fused-ring (bicyclic) bond motifs is 1. The van der Waals surface area contributed by atoms with Gasteiger partial charge >= 0.3 is 5.97 Å². The number of hydrogen-bond acceptors (Lipinski definition) is 6. The first kappa shape index (κ1) is 21.2. The van der Waals surface area contributed by atoms with Crippen molar-refractivity contribution in [2.75, 3.05) is 12.4 Å². The summed E-state index contributed by atoms with van der Waals surface area (Å²) in [5.74, 6) is -0.729. The zero-order valence-electron chi connectivity index (χ0n) is 15.6. The van der Waals surface area contributed by atoms with Crippen molar-refractivity contribution in [3.05, 3.63) is 31.5 Å². The highest BCUT2D eigenvalue weighted by atomic mass is 127. The predicted molar refractivity (Wildman–Crippen MR) is 121 cm³/mol. The van der Waals surface area contributed by atoms with Crippen LogP contribution < -0.4 is 10.6 Å². The van der Waals surface area contributed by atoms with Gasteiger partial charge in [-0.2, -0.15) is 5.10 Å². The van der Waals surface area contributed by atoms with E-state index in [4.69, 9.17) is 17.0 Å². The third kappa shape index (κ3) is 4.54. The van der Waals surface area contributed by atoms with Gasteiger partial charge in [-0.3, -0.25) is 14.8 Å². The Labute approximate surface area is 186 Å². The fourth-order valence-electron chi connectivity index (χ4n) is 3.29. The highest BCUT2D eigenvalue weighted by Gasteiger charge is 2.26. The number of thiocarbonyl (C=S) groups is 1. The molecule has 0 atom stereocenters. The normalized spacial score (nSPS) is 13.8. The predicted octanol–water partition coefficient (Wildman–Crippen LogP) is 3.66. The maximum Gasteiger partial charge on any atom is 0.341 e. The molecule has 10 heteroatoms. The summed E-state index contributed by atoms with van der Waals surface area (Å²) in [6.07, 6.45) is 7.92. The topological polar surface area (TPSA) is 85.2 Å². The van der Waals surface area contributed by atoms with Crippen LogP contribution in [0, 0.1) is 3.57 Å². The second-order valence-corrected chi connectivity index (χ2v) is 9.16. The van der Waals surface area contributed by atoms with Crippen LogP contribution in [-0.2, 0) is 24.6 Å². The molecule has 1 aliphatic rings. The number of rotatable bonds is 3. The lowest BCUT2D eigenvalue weighted by molar-refractivity contribution is 0.0601. The van der Waals surface area contributed by atoms with E-state index < -0.39 is 0 Å². The van der Waals surface area contributed by atoms with Crippen molar-refractivity contribution >= 4 is 68.1 Å². The molecule has 7 nitrogen and oxygen atoms in total. The van der Waals surface area contributed by atoms with Crippen LogP contribution in [0.2, 0.25) is 0 Å². The smallest absolute Gasteiger partial charge is 0.341 e.